The quantitative estimate of drug-likeness (QED) is 0.482. The molecule has 10 heteroatoms. The molecule has 0 aromatic carbocycles. The Kier molecular flexibility index (Phi) is 6.38. The molecular weight excluding hydrogens is 444 g/mol. The largest absolute Gasteiger partial charge is 0.473 e. The van der Waals surface area contributed by atoms with Gasteiger partial charge in [0, 0.05) is 37.4 Å². The highest BCUT2D eigenvalue weighted by Crippen LogP contribution is 2.38. The van der Waals surface area contributed by atoms with Crippen molar-refractivity contribution in [2.24, 2.45) is 24.3 Å². The second kappa shape index (κ2) is 8.55. The second-order valence-electron chi connectivity index (χ2n) is 8.59. The van der Waals surface area contributed by atoms with E-state index in [1.807, 2.05) is 0 Å². The molecule has 0 amide bonds. The van der Waals surface area contributed by atoms with E-state index in [0.717, 1.165) is 6.08 Å². The van der Waals surface area contributed by atoms with Crippen molar-refractivity contribution in [3.05, 3.63) is 34.5 Å². The minimum atomic E-state index is -2.63. The molecule has 1 aromatic heterocycles. The van der Waals surface area contributed by atoms with Crippen molar-refractivity contribution in [2.75, 3.05) is 6.61 Å². The number of Topliss-reactive ketones (excluding diaryl/α,β-unsaturated/α-hetero) is 3. The fourth-order valence-electron chi connectivity index (χ4n) is 3.92. The van der Waals surface area contributed by atoms with Crippen LogP contribution in [0.15, 0.2) is 34.5 Å². The van der Waals surface area contributed by atoms with Crippen molar-refractivity contribution in [2.45, 2.75) is 33.6 Å². The molecule has 1 atom stereocenters. The van der Waals surface area contributed by atoms with Gasteiger partial charge in [-0.1, -0.05) is 32.4 Å². The molecule has 2 aliphatic carbocycles. The highest BCUT2D eigenvalue weighted by molar-refractivity contribution is 7.73. The number of hydrogen-bond acceptors (Lipinski definition) is 7. The van der Waals surface area contributed by atoms with Crippen LogP contribution in [-0.2, 0) is 31.7 Å². The molecule has 2 aliphatic rings. The van der Waals surface area contributed by atoms with Crippen molar-refractivity contribution in [3.8, 4) is 5.88 Å². The van der Waals surface area contributed by atoms with E-state index in [1.54, 1.807) is 33.9 Å². The maximum absolute atomic E-state index is 13.2. The van der Waals surface area contributed by atoms with Gasteiger partial charge in [0.05, 0.1) is 16.1 Å². The van der Waals surface area contributed by atoms with Crippen LogP contribution in [0.3, 0.4) is 0 Å². The number of ether oxygens (including phenoxy) is 1. The number of carbonyl (C=O) groups is 3. The Labute approximate surface area is 186 Å². The number of aryl methyl sites for hydroxylation is 1. The first-order valence-corrected chi connectivity index (χ1v) is 11.2. The molecule has 0 spiro atoms. The lowest BCUT2D eigenvalue weighted by Gasteiger charge is -2.32. The third-order valence-electron chi connectivity index (χ3n) is 5.58. The van der Waals surface area contributed by atoms with Crippen molar-refractivity contribution < 1.29 is 27.5 Å². The van der Waals surface area contributed by atoms with Gasteiger partial charge in [0.1, 0.15) is 12.5 Å². The van der Waals surface area contributed by atoms with Crippen LogP contribution in [0.1, 0.15) is 33.6 Å². The molecule has 3 rings (SSSR count). The Balaban J connectivity index is 2.00. The van der Waals surface area contributed by atoms with Crippen LogP contribution in [0.5, 0.6) is 5.88 Å². The second-order valence-corrected chi connectivity index (χ2v) is 9.90. The van der Waals surface area contributed by atoms with Gasteiger partial charge in [0.25, 0.3) is 0 Å². The van der Waals surface area contributed by atoms with Crippen LogP contribution in [0, 0.1) is 17.3 Å². The van der Waals surface area contributed by atoms with Crippen LogP contribution in [0.25, 0.3) is 0 Å². The minimum absolute atomic E-state index is 0.000646. The predicted molar refractivity (Wildman–Crippen MR) is 114 cm³/mol. The Morgan fingerprint density at radius 3 is 2.42 bits per heavy atom. The average Bonchev–Trinajstić information content (AvgIpc) is 3.04. The number of carbonyl (C=O) groups excluding carboxylic acids is 3. The van der Waals surface area contributed by atoms with E-state index in [9.17, 15) is 22.8 Å². The fraction of sp³-hybridized carbons (Fsp3) is 0.476. The number of allylic oxidation sites excluding steroid dienone is 3. The summed E-state index contributed by atoms with van der Waals surface area (Å²) in [4.78, 5) is 38.3. The summed E-state index contributed by atoms with van der Waals surface area (Å²) in [5.74, 6) is -3.42. The summed E-state index contributed by atoms with van der Waals surface area (Å²) in [6.07, 6.45) is 2.87. The molecule has 0 saturated heterocycles. The van der Waals surface area contributed by atoms with E-state index in [0.29, 0.717) is 11.5 Å². The number of hydrogen-bond donors (Lipinski definition) is 0. The first-order valence-electron chi connectivity index (χ1n) is 9.70. The molecule has 166 valence electrons. The molecule has 0 aliphatic heterocycles. The lowest BCUT2D eigenvalue weighted by Crippen LogP contribution is -2.43. The SMILES string of the molecule is CC1C(COc2ccnn2C)=C(Cl)C(C(=O)C2C(=O)CC(C)(C)CC2=O)=CC1=S(=O)=O. The monoisotopic (exact) mass is 466 g/mol. The lowest BCUT2D eigenvalue weighted by atomic mass is 9.69. The first kappa shape index (κ1) is 23.1. The standard InChI is InChI=1S/C21H23ClN2O6S/c1-11-13(10-30-17-5-6-23-24(17)4)19(22)12(7-16(11)31(28)29)20(27)18-14(25)8-21(2,3)9-15(18)26/h5-7,11,18H,8-10H2,1-4H3. The summed E-state index contributed by atoms with van der Waals surface area (Å²) in [6, 6.07) is 1.63. The van der Waals surface area contributed by atoms with Gasteiger partial charge in [0.15, 0.2) is 17.3 Å². The summed E-state index contributed by atoms with van der Waals surface area (Å²) in [5.41, 5.74) is -0.311. The molecular formula is C21H23ClN2O6S. The molecule has 1 saturated carbocycles. The lowest BCUT2D eigenvalue weighted by molar-refractivity contribution is -0.143. The predicted octanol–water partition coefficient (Wildman–Crippen LogP) is 2.06. The summed E-state index contributed by atoms with van der Waals surface area (Å²) in [5, 5.41) is 3.99. The van der Waals surface area contributed by atoms with Crippen LogP contribution in [0.4, 0.5) is 0 Å². The Morgan fingerprint density at radius 2 is 1.90 bits per heavy atom. The van der Waals surface area contributed by atoms with E-state index in [-0.39, 0.29) is 34.9 Å². The summed E-state index contributed by atoms with van der Waals surface area (Å²) in [7, 11) is -0.955. The fourth-order valence-corrected chi connectivity index (χ4v) is 4.93. The third kappa shape index (κ3) is 4.57. The Bertz CT molecular complexity index is 1140. The molecule has 1 unspecified atom stereocenters. The van der Waals surface area contributed by atoms with Gasteiger partial charge in [-0.15, -0.1) is 0 Å². The third-order valence-corrected chi connectivity index (χ3v) is 6.88. The van der Waals surface area contributed by atoms with Crippen LogP contribution < -0.4 is 4.74 Å². The van der Waals surface area contributed by atoms with Gasteiger partial charge < -0.3 is 4.74 Å². The van der Waals surface area contributed by atoms with E-state index < -0.39 is 44.9 Å². The van der Waals surface area contributed by atoms with Crippen molar-refractivity contribution >= 4 is 44.1 Å². The first-order chi connectivity index (χ1) is 14.4. The van der Waals surface area contributed by atoms with Crippen LogP contribution >= 0.6 is 11.6 Å². The molecule has 0 N–H and O–H groups in total. The van der Waals surface area contributed by atoms with Gasteiger partial charge in [-0.05, 0) is 17.1 Å². The van der Waals surface area contributed by atoms with Crippen LogP contribution in [-0.4, -0.2) is 47.0 Å². The number of aromatic nitrogens is 2. The van der Waals surface area contributed by atoms with E-state index in [1.165, 1.54) is 10.9 Å². The molecule has 31 heavy (non-hydrogen) atoms. The zero-order chi connectivity index (χ0) is 23.1. The van der Waals surface area contributed by atoms with E-state index in [4.69, 9.17) is 16.3 Å². The number of nitrogens with zero attached hydrogens (tertiary/aromatic N) is 2. The zero-order valence-corrected chi connectivity index (χ0v) is 19.2. The van der Waals surface area contributed by atoms with E-state index in [2.05, 4.69) is 5.10 Å². The highest BCUT2D eigenvalue weighted by Gasteiger charge is 2.45. The molecule has 1 fully saturated rings. The van der Waals surface area contributed by atoms with Gasteiger partial charge in [-0.2, -0.15) is 13.5 Å². The molecule has 0 bridgehead atoms. The van der Waals surface area contributed by atoms with Gasteiger partial charge in [0.2, 0.25) is 16.2 Å². The maximum Gasteiger partial charge on any atom is 0.217 e. The number of ketones is 3. The van der Waals surface area contributed by atoms with Crippen molar-refractivity contribution in [1.29, 1.82) is 0 Å². The van der Waals surface area contributed by atoms with Gasteiger partial charge >= 0.3 is 0 Å². The molecule has 1 heterocycles. The molecule has 0 radical (unpaired) electrons. The minimum Gasteiger partial charge on any atom is -0.473 e. The normalized spacial score (nSPS) is 21.9. The maximum atomic E-state index is 13.2. The summed E-state index contributed by atoms with van der Waals surface area (Å²) < 4.78 is 30.8. The molecule has 8 nitrogen and oxygen atoms in total. The smallest absolute Gasteiger partial charge is 0.217 e. The van der Waals surface area contributed by atoms with Crippen molar-refractivity contribution in [1.82, 2.24) is 9.78 Å². The topological polar surface area (TPSA) is 112 Å². The molecule has 1 aromatic rings. The van der Waals surface area contributed by atoms with Gasteiger partial charge in [-0.25, -0.2) is 4.68 Å². The summed E-state index contributed by atoms with van der Waals surface area (Å²) in [6.45, 7) is 5.12. The highest BCUT2D eigenvalue weighted by atomic mass is 35.5. The van der Waals surface area contributed by atoms with E-state index >= 15 is 0 Å². The Hall–Kier alpha value is -2.52. The zero-order valence-electron chi connectivity index (χ0n) is 17.6. The average molecular weight is 467 g/mol. The Morgan fingerprint density at radius 1 is 1.29 bits per heavy atom. The van der Waals surface area contributed by atoms with Crippen molar-refractivity contribution in [3.63, 3.8) is 0 Å². The summed E-state index contributed by atoms with van der Waals surface area (Å²) >= 11 is 6.51. The van der Waals surface area contributed by atoms with Crippen LogP contribution in [0.2, 0.25) is 0 Å². The number of halogens is 1. The van der Waals surface area contributed by atoms with Gasteiger partial charge in [-0.3, -0.25) is 14.4 Å². The number of rotatable bonds is 5.